The van der Waals surface area contributed by atoms with Crippen LogP contribution < -0.4 is 9.62 Å². The van der Waals surface area contributed by atoms with Crippen LogP contribution in [0.3, 0.4) is 0 Å². The first-order chi connectivity index (χ1) is 15.1. The van der Waals surface area contributed by atoms with Crippen LogP contribution in [0, 0.1) is 13.8 Å². The van der Waals surface area contributed by atoms with Crippen molar-refractivity contribution in [2.75, 3.05) is 21.6 Å². The molecule has 2 aromatic carbocycles. The van der Waals surface area contributed by atoms with Crippen LogP contribution in [0.5, 0.6) is 0 Å². The lowest BCUT2D eigenvalue weighted by Crippen LogP contribution is -2.30. The number of hydrogen-bond donors (Lipinski definition) is 1. The van der Waals surface area contributed by atoms with Gasteiger partial charge in [-0.15, -0.1) is 10.2 Å². The van der Waals surface area contributed by atoms with Gasteiger partial charge in [0.25, 0.3) is 0 Å². The lowest BCUT2D eigenvalue weighted by molar-refractivity contribution is -0.113. The molecule has 32 heavy (non-hydrogen) atoms. The first-order valence-corrected chi connectivity index (χ1v) is 12.9. The summed E-state index contributed by atoms with van der Waals surface area (Å²) in [4.78, 5) is 12.4. The summed E-state index contributed by atoms with van der Waals surface area (Å²) < 4.78 is 27.7. The summed E-state index contributed by atoms with van der Waals surface area (Å²) >= 11 is 7.37. The minimum absolute atomic E-state index is 0.0248. The van der Waals surface area contributed by atoms with Crippen LogP contribution in [0.4, 0.5) is 11.4 Å². The van der Waals surface area contributed by atoms with Gasteiger partial charge in [-0.1, -0.05) is 53.2 Å². The van der Waals surface area contributed by atoms with E-state index in [0.29, 0.717) is 27.4 Å². The molecule has 0 aliphatic heterocycles. The summed E-state index contributed by atoms with van der Waals surface area (Å²) in [5.41, 5.74) is 3.03. The van der Waals surface area contributed by atoms with E-state index < -0.39 is 10.0 Å². The van der Waals surface area contributed by atoms with Crippen LogP contribution in [0.25, 0.3) is 0 Å². The molecule has 8 nitrogen and oxygen atoms in total. The van der Waals surface area contributed by atoms with E-state index in [4.69, 9.17) is 11.6 Å². The van der Waals surface area contributed by atoms with E-state index in [2.05, 4.69) is 15.5 Å². The van der Waals surface area contributed by atoms with Crippen LogP contribution in [-0.2, 0) is 28.4 Å². The number of aromatic nitrogens is 3. The number of nitrogens with one attached hydrogen (secondary N) is 1. The SMILES string of the molecule is Cc1ccc(N(Cc2nnc(SCC(=O)Nc3c(C)cccc3Cl)n2C)S(C)(=O)=O)cc1. The van der Waals surface area contributed by atoms with Gasteiger partial charge in [-0.3, -0.25) is 9.10 Å². The number of benzene rings is 2. The number of carbonyl (C=O) groups is 1. The second-order valence-corrected chi connectivity index (χ2v) is 10.6. The van der Waals surface area contributed by atoms with Crippen molar-refractivity contribution in [3.63, 3.8) is 0 Å². The summed E-state index contributed by atoms with van der Waals surface area (Å²) in [6, 6.07) is 12.6. The summed E-state index contributed by atoms with van der Waals surface area (Å²) in [7, 11) is -1.80. The number of aryl methyl sites for hydroxylation is 2. The van der Waals surface area contributed by atoms with Crippen molar-refractivity contribution >= 4 is 50.7 Å². The first-order valence-electron chi connectivity index (χ1n) is 9.66. The maximum Gasteiger partial charge on any atom is 0.234 e. The topological polar surface area (TPSA) is 97.2 Å². The second-order valence-electron chi connectivity index (χ2n) is 7.33. The minimum Gasteiger partial charge on any atom is -0.324 e. The number of sulfonamides is 1. The largest absolute Gasteiger partial charge is 0.324 e. The number of carbonyl (C=O) groups excluding carboxylic acids is 1. The van der Waals surface area contributed by atoms with Crippen LogP contribution in [0.2, 0.25) is 5.02 Å². The molecular weight excluding hydrogens is 470 g/mol. The summed E-state index contributed by atoms with van der Waals surface area (Å²) in [5, 5.41) is 12.0. The standard InChI is InChI=1S/C21H24ClN5O3S2/c1-14-8-10-16(11-9-14)27(32(4,29)30)12-18-24-25-21(26(18)3)31-13-19(28)23-20-15(2)6-5-7-17(20)22/h5-11H,12-13H2,1-4H3,(H,23,28). The van der Waals surface area contributed by atoms with Gasteiger partial charge in [0.15, 0.2) is 11.0 Å². The van der Waals surface area contributed by atoms with Crippen LogP contribution >= 0.6 is 23.4 Å². The van der Waals surface area contributed by atoms with Crippen LogP contribution in [0.15, 0.2) is 47.6 Å². The van der Waals surface area contributed by atoms with E-state index in [0.717, 1.165) is 17.4 Å². The molecule has 0 fully saturated rings. The molecule has 1 heterocycles. The van der Waals surface area contributed by atoms with Gasteiger partial charge in [-0.25, -0.2) is 8.42 Å². The van der Waals surface area contributed by atoms with Crippen molar-refractivity contribution < 1.29 is 13.2 Å². The third-order valence-electron chi connectivity index (χ3n) is 4.75. The number of nitrogens with zero attached hydrogens (tertiary/aromatic N) is 4. The van der Waals surface area contributed by atoms with Crippen molar-refractivity contribution in [2.24, 2.45) is 7.05 Å². The fourth-order valence-electron chi connectivity index (χ4n) is 2.94. The van der Waals surface area contributed by atoms with Gasteiger partial charge in [0, 0.05) is 7.05 Å². The van der Waals surface area contributed by atoms with Gasteiger partial charge in [-0.05, 0) is 37.6 Å². The Kier molecular flexibility index (Phi) is 7.47. The highest BCUT2D eigenvalue weighted by Gasteiger charge is 2.22. The summed E-state index contributed by atoms with van der Waals surface area (Å²) in [5.74, 6) is 0.332. The van der Waals surface area contributed by atoms with Gasteiger partial charge < -0.3 is 9.88 Å². The molecule has 0 unspecified atom stereocenters. The van der Waals surface area contributed by atoms with E-state index in [9.17, 15) is 13.2 Å². The summed E-state index contributed by atoms with van der Waals surface area (Å²) in [6.07, 6.45) is 1.15. The zero-order valence-electron chi connectivity index (χ0n) is 18.2. The molecule has 1 aromatic heterocycles. The molecule has 0 atom stereocenters. The maximum absolute atomic E-state index is 12.4. The van der Waals surface area contributed by atoms with Gasteiger partial charge in [-0.2, -0.15) is 0 Å². The van der Waals surface area contributed by atoms with Gasteiger partial charge in [0.2, 0.25) is 15.9 Å². The van der Waals surface area contributed by atoms with Gasteiger partial charge in [0.05, 0.1) is 35.0 Å². The molecule has 11 heteroatoms. The quantitative estimate of drug-likeness (QED) is 0.479. The molecule has 3 rings (SSSR count). The van der Waals surface area contributed by atoms with E-state index in [1.165, 1.54) is 16.1 Å². The molecule has 170 valence electrons. The Balaban J connectivity index is 1.70. The highest BCUT2D eigenvalue weighted by molar-refractivity contribution is 7.99. The minimum atomic E-state index is -3.54. The third-order valence-corrected chi connectivity index (χ3v) is 7.23. The molecule has 0 aliphatic rings. The Morgan fingerprint density at radius 2 is 1.84 bits per heavy atom. The highest BCUT2D eigenvalue weighted by atomic mass is 35.5. The van der Waals surface area contributed by atoms with Crippen molar-refractivity contribution in [2.45, 2.75) is 25.5 Å². The lowest BCUT2D eigenvalue weighted by Gasteiger charge is -2.22. The molecule has 0 radical (unpaired) electrons. The van der Waals surface area contributed by atoms with Gasteiger partial charge >= 0.3 is 0 Å². The zero-order valence-corrected chi connectivity index (χ0v) is 20.6. The predicted molar refractivity (Wildman–Crippen MR) is 129 cm³/mol. The molecule has 0 aliphatic carbocycles. The lowest BCUT2D eigenvalue weighted by atomic mass is 10.2. The van der Waals surface area contributed by atoms with E-state index >= 15 is 0 Å². The third kappa shape index (κ3) is 5.81. The average molecular weight is 494 g/mol. The maximum atomic E-state index is 12.4. The Labute approximate surface area is 197 Å². The number of thioether (sulfide) groups is 1. The number of anilines is 2. The average Bonchev–Trinajstić information content (AvgIpc) is 3.07. The highest BCUT2D eigenvalue weighted by Crippen LogP contribution is 2.26. The van der Waals surface area contributed by atoms with Crippen molar-refractivity contribution in [1.82, 2.24) is 14.8 Å². The smallest absolute Gasteiger partial charge is 0.234 e. The molecule has 0 saturated heterocycles. The molecule has 0 saturated carbocycles. The number of halogens is 1. The van der Waals surface area contributed by atoms with Gasteiger partial charge in [0.1, 0.15) is 0 Å². The molecule has 3 aromatic rings. The normalized spacial score (nSPS) is 11.4. The molecule has 1 amide bonds. The molecule has 1 N–H and O–H groups in total. The Bertz CT molecular complexity index is 1210. The number of hydrogen-bond acceptors (Lipinski definition) is 6. The second kappa shape index (κ2) is 9.93. The fourth-order valence-corrected chi connectivity index (χ4v) is 4.80. The van der Waals surface area contributed by atoms with Crippen molar-refractivity contribution in [3.8, 4) is 0 Å². The van der Waals surface area contributed by atoms with E-state index in [1.54, 1.807) is 29.8 Å². The van der Waals surface area contributed by atoms with E-state index in [1.807, 2.05) is 38.1 Å². The Hall–Kier alpha value is -2.56. The number of para-hydroxylation sites is 1. The van der Waals surface area contributed by atoms with E-state index in [-0.39, 0.29) is 18.2 Å². The molecule has 0 spiro atoms. The Morgan fingerprint density at radius 1 is 1.16 bits per heavy atom. The first kappa shape index (κ1) is 24.1. The number of amides is 1. The monoisotopic (exact) mass is 493 g/mol. The zero-order chi connectivity index (χ0) is 23.5. The predicted octanol–water partition coefficient (Wildman–Crippen LogP) is 3.78. The van der Waals surface area contributed by atoms with Crippen LogP contribution in [-0.4, -0.2) is 41.1 Å². The number of rotatable bonds is 8. The molecule has 0 bridgehead atoms. The fraction of sp³-hybridized carbons (Fsp3) is 0.286. The Morgan fingerprint density at radius 3 is 2.47 bits per heavy atom. The van der Waals surface area contributed by atoms with Crippen molar-refractivity contribution in [3.05, 3.63) is 64.4 Å². The molecular formula is C21H24ClN5O3S2. The van der Waals surface area contributed by atoms with Crippen molar-refractivity contribution in [1.29, 1.82) is 0 Å². The van der Waals surface area contributed by atoms with Crippen LogP contribution in [0.1, 0.15) is 17.0 Å². The summed E-state index contributed by atoms with van der Waals surface area (Å²) in [6.45, 7) is 3.83.